The molecular weight excluding hydrogens is 1450 g/mol. The Hall–Kier alpha value is -15.9. The van der Waals surface area contributed by atoms with Gasteiger partial charge in [0.25, 0.3) is 0 Å². The molecule has 4 heteroatoms. The summed E-state index contributed by atoms with van der Waals surface area (Å²) in [5.74, 6) is 0. The van der Waals surface area contributed by atoms with Gasteiger partial charge in [0.2, 0.25) is 0 Å². The second-order valence-electron chi connectivity index (χ2n) is 31.2. The Kier molecular flexibility index (Phi) is 17.9. The van der Waals surface area contributed by atoms with Crippen LogP contribution in [0.4, 0.5) is 34.1 Å². The zero-order chi connectivity index (χ0) is 79.4. The van der Waals surface area contributed by atoms with Gasteiger partial charge in [-0.1, -0.05) is 346 Å². The fourth-order valence-corrected chi connectivity index (χ4v) is 18.1. The van der Waals surface area contributed by atoms with Gasteiger partial charge in [-0.2, -0.15) is 0 Å². The average Bonchev–Trinajstić information content (AvgIpc) is 1.53. The molecule has 22 aromatic rings. The van der Waals surface area contributed by atoms with E-state index in [1.807, 2.05) is 0 Å². The Morgan fingerprint density at radius 1 is 0.133 bits per heavy atom. The van der Waals surface area contributed by atoms with E-state index in [9.17, 15) is 0 Å². The van der Waals surface area contributed by atoms with Gasteiger partial charge < -0.3 is 18.9 Å². The quantitative estimate of drug-likeness (QED) is 0.0903. The summed E-state index contributed by atoms with van der Waals surface area (Å²) in [6, 6.07) is 174. The Morgan fingerprint density at radius 3 is 0.658 bits per heavy atom. The van der Waals surface area contributed by atoms with Gasteiger partial charge in [-0.15, -0.1) is 0 Å². The van der Waals surface area contributed by atoms with E-state index in [1.165, 1.54) is 121 Å². The summed E-state index contributed by atoms with van der Waals surface area (Å²) in [6.07, 6.45) is 0. The number of hydrogen-bond donors (Lipinski definition) is 0. The van der Waals surface area contributed by atoms with Crippen molar-refractivity contribution in [3.05, 3.63) is 473 Å². The number of rotatable bonds is 17. The zero-order valence-corrected chi connectivity index (χ0v) is 65.8. The first-order valence-electron chi connectivity index (χ1n) is 41.2. The minimum absolute atomic E-state index is 1.02. The Bertz CT molecular complexity index is 7260. The lowest BCUT2D eigenvalue weighted by Gasteiger charge is -2.30. The van der Waals surface area contributed by atoms with Gasteiger partial charge in [0, 0.05) is 66.4 Å². The molecule has 0 saturated carbocycles. The maximum Gasteiger partial charge on any atom is 0.0541 e. The first-order chi connectivity index (χ1) is 59.5. The highest BCUT2D eigenvalue weighted by Crippen LogP contribution is 2.47. The molecule has 0 aliphatic heterocycles. The topological polar surface area (TPSA) is 16.3 Å². The van der Waals surface area contributed by atoms with Crippen molar-refractivity contribution in [1.82, 2.24) is 9.13 Å². The van der Waals surface area contributed by atoms with Crippen LogP contribution in [0.2, 0.25) is 0 Å². The molecule has 20 aromatic carbocycles. The number of fused-ring (bicyclic) bond motifs is 8. The standard InChI is InChI=1S/C116H78N4/c1-5-20-79(21-6-1)83-38-46-89(47-39-83)95-58-70-113-107(74-95)108-75-96(90-48-40-84(41-49-90)80-22-7-2-8-23-80)59-71-114(108)119(113)101-64-56-88(57-65-101)87-54-62-99(63-55-87)117(111-36-17-30-93-28-13-15-34-105(93)111)103-32-19-33-104(78-103)118(112-37-18-31-94-29-14-16-35-106(94)112)100-66-68-102(69-67-100)120-115-72-60-97(91-50-42-85(43-51-91)81-24-9-3-10-25-81)76-109(115)110-77-98(61-73-116(110)120)92-52-44-86(45-53-92)82-26-11-4-12-27-82/h1-78H. The lowest BCUT2D eigenvalue weighted by molar-refractivity contribution is 1.17. The molecule has 120 heavy (non-hydrogen) atoms. The molecule has 0 atom stereocenters. The smallest absolute Gasteiger partial charge is 0.0541 e. The molecule has 0 spiro atoms. The molecule has 4 nitrogen and oxygen atoms in total. The van der Waals surface area contributed by atoms with Crippen molar-refractivity contribution < 1.29 is 0 Å². The fourth-order valence-electron chi connectivity index (χ4n) is 18.1. The first kappa shape index (κ1) is 70.7. The number of anilines is 6. The molecule has 2 heterocycles. The number of hydrogen-bond acceptors (Lipinski definition) is 2. The van der Waals surface area contributed by atoms with Gasteiger partial charge in [0.1, 0.15) is 0 Å². The SMILES string of the molecule is c1ccc(-c2ccc(-c3ccc4c(c3)c3cc(-c5ccc(-c6ccccc6)cc5)ccc3n4-c3ccc(-c4ccc(N(c5cccc(N(c6ccc(-n7c8ccc(-c9ccc(-c%10ccccc%10)cc9)cc8c8cc(-c9ccc(-c%10ccccc%10)cc9)ccc87)cc6)c6cccc7ccccc67)c5)c5cccc6ccccc56)cc4)cc3)cc2)cc1. The van der Waals surface area contributed by atoms with Crippen LogP contribution >= 0.6 is 0 Å². The Morgan fingerprint density at radius 2 is 0.350 bits per heavy atom. The molecule has 0 amide bonds. The third-order valence-corrected chi connectivity index (χ3v) is 24.1. The van der Waals surface area contributed by atoms with Crippen LogP contribution < -0.4 is 9.80 Å². The van der Waals surface area contributed by atoms with Gasteiger partial charge in [0.05, 0.1) is 33.4 Å². The van der Waals surface area contributed by atoms with Crippen molar-refractivity contribution in [2.24, 2.45) is 0 Å². The van der Waals surface area contributed by atoms with Crippen molar-refractivity contribution in [1.29, 1.82) is 0 Å². The maximum absolute atomic E-state index is 2.45. The summed E-state index contributed by atoms with van der Waals surface area (Å²) in [7, 11) is 0. The van der Waals surface area contributed by atoms with Crippen LogP contribution in [0.5, 0.6) is 0 Å². The second-order valence-corrected chi connectivity index (χ2v) is 31.2. The highest BCUT2D eigenvalue weighted by Gasteiger charge is 2.24. The third-order valence-electron chi connectivity index (χ3n) is 24.1. The second kappa shape index (κ2) is 30.4. The number of benzene rings is 20. The van der Waals surface area contributed by atoms with Gasteiger partial charge in [-0.25, -0.2) is 0 Å². The molecule has 0 bridgehead atoms. The number of nitrogens with zero attached hydrogens (tertiary/aromatic N) is 4. The molecule has 0 aliphatic rings. The van der Waals surface area contributed by atoms with E-state index in [4.69, 9.17) is 0 Å². The zero-order valence-electron chi connectivity index (χ0n) is 65.8. The van der Waals surface area contributed by atoms with Crippen molar-refractivity contribution in [2.75, 3.05) is 9.80 Å². The van der Waals surface area contributed by atoms with Crippen molar-refractivity contribution in [3.63, 3.8) is 0 Å². The molecule has 22 rings (SSSR count). The summed E-state index contributed by atoms with van der Waals surface area (Å²) >= 11 is 0. The van der Waals surface area contributed by atoms with Gasteiger partial charge >= 0.3 is 0 Å². The van der Waals surface area contributed by atoms with Crippen LogP contribution in [0.3, 0.4) is 0 Å². The lowest BCUT2D eigenvalue weighted by Crippen LogP contribution is -2.14. The van der Waals surface area contributed by atoms with Crippen LogP contribution in [0.1, 0.15) is 0 Å². The van der Waals surface area contributed by atoms with Crippen molar-refractivity contribution in [2.45, 2.75) is 0 Å². The lowest BCUT2D eigenvalue weighted by atomic mass is 9.97. The number of aromatic nitrogens is 2. The molecule has 562 valence electrons. The van der Waals surface area contributed by atoms with Crippen LogP contribution in [-0.2, 0) is 0 Å². The highest BCUT2D eigenvalue weighted by molar-refractivity contribution is 6.14. The largest absolute Gasteiger partial charge is 0.310 e. The summed E-state index contributed by atoms with van der Waals surface area (Å²) in [4.78, 5) is 4.87. The van der Waals surface area contributed by atoms with Crippen LogP contribution in [0, 0.1) is 0 Å². The predicted molar refractivity (Wildman–Crippen MR) is 508 cm³/mol. The minimum Gasteiger partial charge on any atom is -0.310 e. The average molecular weight is 1530 g/mol. The first-order valence-corrected chi connectivity index (χ1v) is 41.2. The molecule has 0 radical (unpaired) electrons. The molecule has 2 aromatic heterocycles. The van der Waals surface area contributed by atoms with E-state index in [1.54, 1.807) is 0 Å². The fraction of sp³-hybridized carbons (Fsp3) is 0. The Labute approximate surface area is 698 Å². The third kappa shape index (κ3) is 13.1. The van der Waals surface area contributed by atoms with Crippen molar-refractivity contribution >= 4 is 99.3 Å². The molecule has 0 N–H and O–H groups in total. The predicted octanol–water partition coefficient (Wildman–Crippen LogP) is 32.1. The summed E-state index contributed by atoms with van der Waals surface area (Å²) in [5.41, 5.74) is 34.4. The van der Waals surface area contributed by atoms with E-state index in [-0.39, 0.29) is 0 Å². The Balaban J connectivity index is 0.616. The summed E-state index contributed by atoms with van der Waals surface area (Å²) in [6.45, 7) is 0. The summed E-state index contributed by atoms with van der Waals surface area (Å²) < 4.78 is 4.88. The van der Waals surface area contributed by atoms with E-state index >= 15 is 0 Å². The highest BCUT2D eigenvalue weighted by atomic mass is 15.2. The van der Waals surface area contributed by atoms with Gasteiger partial charge in [-0.05, 0) is 238 Å². The van der Waals surface area contributed by atoms with Crippen LogP contribution in [0.15, 0.2) is 473 Å². The van der Waals surface area contributed by atoms with Crippen molar-refractivity contribution in [3.8, 4) is 112 Å². The summed E-state index contributed by atoms with van der Waals surface area (Å²) in [5, 5.41) is 9.46. The minimum atomic E-state index is 1.02. The molecule has 0 saturated heterocycles. The van der Waals surface area contributed by atoms with Gasteiger partial charge in [-0.3, -0.25) is 0 Å². The van der Waals surface area contributed by atoms with E-state index in [0.717, 1.165) is 89.5 Å². The monoisotopic (exact) mass is 1530 g/mol. The van der Waals surface area contributed by atoms with Gasteiger partial charge in [0.15, 0.2) is 0 Å². The molecule has 0 fully saturated rings. The normalized spacial score (nSPS) is 11.5. The van der Waals surface area contributed by atoms with Crippen LogP contribution in [-0.4, -0.2) is 9.13 Å². The maximum atomic E-state index is 2.45. The molecule has 0 unspecified atom stereocenters. The van der Waals surface area contributed by atoms with E-state index in [0.29, 0.717) is 0 Å². The van der Waals surface area contributed by atoms with E-state index in [2.05, 4.69) is 492 Å². The molecular formula is C116H78N4. The molecule has 0 aliphatic carbocycles. The van der Waals surface area contributed by atoms with Crippen LogP contribution in [0.25, 0.3) is 177 Å². The van der Waals surface area contributed by atoms with E-state index < -0.39 is 0 Å².